The summed E-state index contributed by atoms with van der Waals surface area (Å²) in [5.74, 6) is 0.658. The van der Waals surface area contributed by atoms with E-state index in [1.807, 2.05) is 32.9 Å². The second kappa shape index (κ2) is 8.78. The fourth-order valence-electron chi connectivity index (χ4n) is 4.79. The third-order valence-electron chi connectivity index (χ3n) is 7.08. The maximum Gasteiger partial charge on any atom is 0.410 e. The zero-order chi connectivity index (χ0) is 24.8. The van der Waals surface area contributed by atoms with Crippen molar-refractivity contribution in [1.82, 2.24) is 24.2 Å². The van der Waals surface area contributed by atoms with Crippen molar-refractivity contribution in [2.24, 2.45) is 0 Å². The van der Waals surface area contributed by atoms with Gasteiger partial charge in [0.05, 0.1) is 24.0 Å². The van der Waals surface area contributed by atoms with E-state index in [4.69, 9.17) is 4.74 Å². The molecule has 0 unspecified atom stereocenters. The number of aromatic nitrogens is 4. The van der Waals surface area contributed by atoms with Crippen LogP contribution in [0.25, 0.3) is 16.7 Å². The first kappa shape index (κ1) is 23.5. The van der Waals surface area contributed by atoms with Crippen LogP contribution < -0.4 is 5.56 Å². The Hall–Kier alpha value is -3.20. The van der Waals surface area contributed by atoms with E-state index in [1.165, 1.54) is 41.9 Å². The van der Waals surface area contributed by atoms with Crippen molar-refractivity contribution in [2.45, 2.75) is 76.5 Å². The number of nitrogens with zero attached hydrogens (tertiary/aromatic N) is 5. The maximum absolute atomic E-state index is 13.2. The fraction of sp³-hybridized carbons (Fsp3) is 0.538. The normalized spacial score (nSPS) is 18.5. The molecule has 3 heterocycles. The van der Waals surface area contributed by atoms with E-state index < -0.39 is 11.2 Å². The van der Waals surface area contributed by atoms with Crippen LogP contribution in [0.15, 0.2) is 41.6 Å². The van der Waals surface area contributed by atoms with Gasteiger partial charge in [0.25, 0.3) is 5.56 Å². The summed E-state index contributed by atoms with van der Waals surface area (Å²) in [5.41, 5.74) is 0.788. The van der Waals surface area contributed by atoms with E-state index in [0.29, 0.717) is 42.9 Å². The minimum absolute atomic E-state index is 0.109. The number of piperidine rings is 1. The third kappa shape index (κ3) is 4.82. The summed E-state index contributed by atoms with van der Waals surface area (Å²) in [6, 6.07) is 8.31. The standard InChI is InChI=1S/C26H33N5O4/c1-25(2,3)35-24(33)29-13-11-26(34,12-14-29)16-30-17-27-22-21(23(30)32)15-28-31(22)20-9-7-19(8-10-20)18-5-4-6-18/h7-10,15,17-18,34H,4-6,11-14,16H2,1-3H3. The van der Waals surface area contributed by atoms with Gasteiger partial charge < -0.3 is 14.7 Å². The summed E-state index contributed by atoms with van der Waals surface area (Å²) in [5, 5.41) is 16.0. The fourth-order valence-corrected chi connectivity index (χ4v) is 4.79. The third-order valence-corrected chi connectivity index (χ3v) is 7.08. The number of amides is 1. The lowest BCUT2D eigenvalue weighted by Crippen LogP contribution is -2.50. The lowest BCUT2D eigenvalue weighted by atomic mass is 9.80. The molecule has 1 aliphatic carbocycles. The van der Waals surface area contributed by atoms with Crippen LogP contribution in [0, 0.1) is 0 Å². The van der Waals surface area contributed by atoms with Crippen LogP contribution in [0.5, 0.6) is 0 Å². The molecule has 3 aromatic rings. The number of hydrogen-bond donors (Lipinski definition) is 1. The monoisotopic (exact) mass is 479 g/mol. The quantitative estimate of drug-likeness (QED) is 0.613. The number of likely N-dealkylation sites (tertiary alicyclic amines) is 1. The SMILES string of the molecule is CC(C)(C)OC(=O)N1CCC(O)(Cn2cnc3c(cnn3-c3ccc(C4CCC4)cc3)c2=O)CC1. The van der Waals surface area contributed by atoms with Gasteiger partial charge in [0.1, 0.15) is 17.3 Å². The number of ether oxygens (including phenoxy) is 1. The smallest absolute Gasteiger partial charge is 0.410 e. The van der Waals surface area contributed by atoms with Gasteiger partial charge in [-0.1, -0.05) is 18.6 Å². The highest BCUT2D eigenvalue weighted by Gasteiger charge is 2.36. The maximum atomic E-state index is 13.2. The Morgan fingerprint density at radius 1 is 1.17 bits per heavy atom. The van der Waals surface area contributed by atoms with E-state index >= 15 is 0 Å². The molecule has 1 N–H and O–H groups in total. The second-order valence-corrected chi connectivity index (χ2v) is 10.9. The van der Waals surface area contributed by atoms with E-state index in [2.05, 4.69) is 22.2 Å². The lowest BCUT2D eigenvalue weighted by Gasteiger charge is -2.38. The Morgan fingerprint density at radius 2 is 1.86 bits per heavy atom. The van der Waals surface area contributed by atoms with Crippen molar-refractivity contribution in [3.05, 3.63) is 52.7 Å². The number of aliphatic hydroxyl groups is 1. The summed E-state index contributed by atoms with van der Waals surface area (Å²) in [7, 11) is 0. The van der Waals surface area contributed by atoms with E-state index in [9.17, 15) is 14.7 Å². The van der Waals surface area contributed by atoms with Crippen molar-refractivity contribution < 1.29 is 14.6 Å². The molecule has 0 radical (unpaired) electrons. The molecule has 0 spiro atoms. The average Bonchev–Trinajstić information content (AvgIpc) is 3.19. The van der Waals surface area contributed by atoms with Gasteiger partial charge >= 0.3 is 6.09 Å². The summed E-state index contributed by atoms with van der Waals surface area (Å²) in [4.78, 5) is 31.6. The zero-order valence-electron chi connectivity index (χ0n) is 20.6. The summed E-state index contributed by atoms with van der Waals surface area (Å²) in [6.07, 6.45) is 7.12. The molecule has 1 amide bonds. The van der Waals surface area contributed by atoms with Crippen LogP contribution in [0.4, 0.5) is 4.79 Å². The van der Waals surface area contributed by atoms with Crippen LogP contribution in [-0.4, -0.2) is 59.7 Å². The molecule has 1 saturated heterocycles. The summed E-state index contributed by atoms with van der Waals surface area (Å²) in [6.45, 7) is 6.32. The van der Waals surface area contributed by atoms with Crippen LogP contribution >= 0.6 is 0 Å². The van der Waals surface area contributed by atoms with Crippen molar-refractivity contribution in [3.8, 4) is 5.69 Å². The Bertz CT molecular complexity index is 1280. The Kier molecular flexibility index (Phi) is 5.91. The highest BCUT2D eigenvalue weighted by molar-refractivity contribution is 5.75. The largest absolute Gasteiger partial charge is 0.444 e. The molecule has 1 saturated carbocycles. The number of carbonyl (C=O) groups excluding carboxylic acids is 1. The molecule has 0 atom stereocenters. The van der Waals surface area contributed by atoms with Crippen molar-refractivity contribution >= 4 is 17.1 Å². The highest BCUT2D eigenvalue weighted by Crippen LogP contribution is 2.36. The van der Waals surface area contributed by atoms with Crippen LogP contribution in [-0.2, 0) is 11.3 Å². The van der Waals surface area contributed by atoms with Crippen molar-refractivity contribution in [1.29, 1.82) is 0 Å². The number of fused-ring (bicyclic) bond motifs is 1. The lowest BCUT2D eigenvalue weighted by molar-refractivity contribution is -0.0419. The minimum Gasteiger partial charge on any atom is -0.444 e. The van der Waals surface area contributed by atoms with Gasteiger partial charge in [0.2, 0.25) is 0 Å². The molecule has 9 nitrogen and oxygen atoms in total. The Labute approximate surface area is 204 Å². The molecule has 35 heavy (non-hydrogen) atoms. The van der Waals surface area contributed by atoms with E-state index in [1.54, 1.807) is 9.58 Å². The molecule has 1 aliphatic heterocycles. The van der Waals surface area contributed by atoms with Crippen molar-refractivity contribution in [2.75, 3.05) is 13.1 Å². The average molecular weight is 480 g/mol. The zero-order valence-corrected chi connectivity index (χ0v) is 20.6. The molecule has 186 valence electrons. The first-order valence-corrected chi connectivity index (χ1v) is 12.4. The van der Waals surface area contributed by atoms with Gasteiger partial charge in [0.15, 0.2) is 5.65 Å². The predicted octanol–water partition coefficient (Wildman–Crippen LogP) is 3.61. The van der Waals surface area contributed by atoms with Crippen LogP contribution in [0.2, 0.25) is 0 Å². The van der Waals surface area contributed by atoms with E-state index in [-0.39, 0.29) is 18.2 Å². The molecular weight excluding hydrogens is 446 g/mol. The topological polar surface area (TPSA) is 102 Å². The molecule has 2 fully saturated rings. The molecular formula is C26H33N5O4. The number of benzene rings is 1. The molecule has 0 bridgehead atoms. The van der Waals surface area contributed by atoms with E-state index in [0.717, 1.165) is 5.69 Å². The van der Waals surface area contributed by atoms with Gasteiger partial charge in [-0.2, -0.15) is 5.10 Å². The first-order chi connectivity index (χ1) is 16.6. The minimum atomic E-state index is -1.11. The number of hydrogen-bond acceptors (Lipinski definition) is 6. The molecule has 5 rings (SSSR count). The molecule has 1 aromatic carbocycles. The molecule has 9 heteroatoms. The Balaban J connectivity index is 1.30. The summed E-state index contributed by atoms with van der Waals surface area (Å²) < 4.78 is 8.55. The molecule has 2 aliphatic rings. The van der Waals surface area contributed by atoms with Gasteiger partial charge in [0, 0.05) is 13.1 Å². The first-order valence-electron chi connectivity index (χ1n) is 12.4. The van der Waals surface area contributed by atoms with Crippen LogP contribution in [0.3, 0.4) is 0 Å². The number of carbonyl (C=O) groups is 1. The van der Waals surface area contributed by atoms with Gasteiger partial charge in [-0.3, -0.25) is 9.36 Å². The van der Waals surface area contributed by atoms with Gasteiger partial charge in [-0.25, -0.2) is 14.5 Å². The summed E-state index contributed by atoms with van der Waals surface area (Å²) >= 11 is 0. The van der Waals surface area contributed by atoms with Crippen LogP contribution in [0.1, 0.15) is 64.4 Å². The highest BCUT2D eigenvalue weighted by atomic mass is 16.6. The second-order valence-electron chi connectivity index (χ2n) is 10.9. The van der Waals surface area contributed by atoms with Gasteiger partial charge in [-0.15, -0.1) is 0 Å². The predicted molar refractivity (Wildman–Crippen MR) is 132 cm³/mol. The number of rotatable bonds is 4. The Morgan fingerprint density at radius 3 is 2.46 bits per heavy atom. The van der Waals surface area contributed by atoms with Gasteiger partial charge in [-0.05, 0) is 70.1 Å². The molecule has 2 aromatic heterocycles. The van der Waals surface area contributed by atoms with Crippen molar-refractivity contribution in [3.63, 3.8) is 0 Å².